The number of para-hydroxylation sites is 1. The highest BCUT2D eigenvalue weighted by Crippen LogP contribution is 2.27. The van der Waals surface area contributed by atoms with Crippen LogP contribution in [0.1, 0.15) is 17.2 Å². The topological polar surface area (TPSA) is 30.5 Å². The van der Waals surface area contributed by atoms with Gasteiger partial charge in [-0.2, -0.15) is 0 Å². The van der Waals surface area contributed by atoms with Crippen molar-refractivity contribution in [2.75, 3.05) is 19.8 Å². The van der Waals surface area contributed by atoms with Crippen molar-refractivity contribution in [3.05, 3.63) is 65.7 Å². The highest BCUT2D eigenvalue weighted by Gasteiger charge is 2.18. The van der Waals surface area contributed by atoms with Gasteiger partial charge in [-0.15, -0.1) is 0 Å². The molecule has 104 valence electrons. The zero-order valence-corrected chi connectivity index (χ0v) is 11.4. The lowest BCUT2D eigenvalue weighted by atomic mass is 10.1. The van der Waals surface area contributed by atoms with Crippen LogP contribution in [0.5, 0.6) is 5.75 Å². The number of hydrogen-bond donors (Lipinski definition) is 1. The molecular formula is C17H19NO2. The van der Waals surface area contributed by atoms with Gasteiger partial charge in [-0.1, -0.05) is 48.5 Å². The highest BCUT2D eigenvalue weighted by atomic mass is 16.5. The van der Waals surface area contributed by atoms with Crippen molar-refractivity contribution in [1.29, 1.82) is 0 Å². The Labute approximate surface area is 119 Å². The van der Waals surface area contributed by atoms with Gasteiger partial charge < -0.3 is 14.8 Å². The lowest BCUT2D eigenvalue weighted by Crippen LogP contribution is -2.34. The maximum absolute atomic E-state index is 5.98. The van der Waals surface area contributed by atoms with Crippen molar-refractivity contribution in [3.63, 3.8) is 0 Å². The molecule has 3 nitrogen and oxygen atoms in total. The summed E-state index contributed by atoms with van der Waals surface area (Å²) in [5, 5.41) is 3.47. The monoisotopic (exact) mass is 269 g/mol. The molecule has 1 heterocycles. The van der Waals surface area contributed by atoms with Crippen LogP contribution < -0.4 is 10.1 Å². The predicted molar refractivity (Wildman–Crippen MR) is 78.8 cm³/mol. The molecule has 20 heavy (non-hydrogen) atoms. The first-order valence-corrected chi connectivity index (χ1v) is 7.00. The first-order valence-electron chi connectivity index (χ1n) is 7.00. The maximum Gasteiger partial charge on any atom is 0.124 e. The molecule has 3 rings (SSSR count). The number of hydrogen-bond acceptors (Lipinski definition) is 3. The summed E-state index contributed by atoms with van der Waals surface area (Å²) >= 11 is 0. The van der Waals surface area contributed by atoms with Crippen LogP contribution in [0.4, 0.5) is 0 Å². The standard InChI is InChI=1S/C17H19NO2/c1-2-6-14(7-3-1)12-20-17-9-5-4-8-15(17)16-13-19-11-10-18-16/h1-9,16,18H,10-13H2/t16-/m1/s1. The molecule has 1 aliphatic rings. The molecule has 0 unspecified atom stereocenters. The fourth-order valence-electron chi connectivity index (χ4n) is 2.40. The molecule has 0 radical (unpaired) electrons. The summed E-state index contributed by atoms with van der Waals surface area (Å²) in [4.78, 5) is 0. The fraction of sp³-hybridized carbons (Fsp3) is 0.294. The minimum absolute atomic E-state index is 0.218. The average Bonchev–Trinajstić information content (AvgIpc) is 2.55. The summed E-state index contributed by atoms with van der Waals surface area (Å²) in [6.07, 6.45) is 0. The molecule has 1 aliphatic heterocycles. The third-order valence-electron chi connectivity index (χ3n) is 3.45. The Balaban J connectivity index is 1.72. The first-order chi connectivity index (χ1) is 9.93. The minimum Gasteiger partial charge on any atom is -0.489 e. The second-order valence-corrected chi connectivity index (χ2v) is 4.89. The summed E-state index contributed by atoms with van der Waals surface area (Å²) < 4.78 is 11.5. The summed E-state index contributed by atoms with van der Waals surface area (Å²) in [5.41, 5.74) is 2.35. The van der Waals surface area contributed by atoms with E-state index in [0.717, 1.165) is 18.9 Å². The van der Waals surface area contributed by atoms with Gasteiger partial charge in [-0.25, -0.2) is 0 Å². The Morgan fingerprint density at radius 1 is 1.05 bits per heavy atom. The van der Waals surface area contributed by atoms with Crippen LogP contribution in [-0.4, -0.2) is 19.8 Å². The van der Waals surface area contributed by atoms with Crippen molar-refractivity contribution in [2.24, 2.45) is 0 Å². The van der Waals surface area contributed by atoms with E-state index in [2.05, 4.69) is 23.5 Å². The van der Waals surface area contributed by atoms with E-state index in [4.69, 9.17) is 9.47 Å². The van der Waals surface area contributed by atoms with Crippen molar-refractivity contribution >= 4 is 0 Å². The Morgan fingerprint density at radius 2 is 1.85 bits per heavy atom. The second-order valence-electron chi connectivity index (χ2n) is 4.89. The predicted octanol–water partition coefficient (Wildman–Crippen LogP) is 2.93. The van der Waals surface area contributed by atoms with E-state index in [-0.39, 0.29) is 6.04 Å². The van der Waals surface area contributed by atoms with E-state index in [0.29, 0.717) is 13.2 Å². The van der Waals surface area contributed by atoms with Crippen LogP contribution in [0.15, 0.2) is 54.6 Å². The van der Waals surface area contributed by atoms with Crippen molar-refractivity contribution in [2.45, 2.75) is 12.6 Å². The summed E-state index contributed by atoms with van der Waals surface area (Å²) in [5.74, 6) is 0.930. The number of benzene rings is 2. The van der Waals surface area contributed by atoms with Crippen LogP contribution in [0.3, 0.4) is 0 Å². The molecule has 0 amide bonds. The van der Waals surface area contributed by atoms with Gasteiger partial charge in [0, 0.05) is 12.1 Å². The zero-order chi connectivity index (χ0) is 13.6. The molecule has 0 saturated carbocycles. The number of morpholine rings is 1. The van der Waals surface area contributed by atoms with Crippen molar-refractivity contribution in [3.8, 4) is 5.75 Å². The largest absolute Gasteiger partial charge is 0.489 e. The maximum atomic E-state index is 5.98. The summed E-state index contributed by atoms with van der Waals surface area (Å²) in [6.45, 7) is 2.96. The van der Waals surface area contributed by atoms with E-state index < -0.39 is 0 Å². The third-order valence-corrected chi connectivity index (χ3v) is 3.45. The van der Waals surface area contributed by atoms with E-state index >= 15 is 0 Å². The zero-order valence-electron chi connectivity index (χ0n) is 11.4. The van der Waals surface area contributed by atoms with Gasteiger partial charge in [0.15, 0.2) is 0 Å². The van der Waals surface area contributed by atoms with E-state index in [1.807, 2.05) is 36.4 Å². The van der Waals surface area contributed by atoms with Crippen LogP contribution in [0, 0.1) is 0 Å². The van der Waals surface area contributed by atoms with E-state index in [1.165, 1.54) is 11.1 Å². The summed E-state index contributed by atoms with van der Waals surface area (Å²) in [7, 11) is 0. The Bertz CT molecular complexity index is 536. The van der Waals surface area contributed by atoms with Crippen molar-refractivity contribution in [1.82, 2.24) is 5.32 Å². The molecule has 0 bridgehead atoms. The smallest absolute Gasteiger partial charge is 0.124 e. The Kier molecular flexibility index (Phi) is 4.31. The molecule has 2 aromatic rings. The van der Waals surface area contributed by atoms with Crippen LogP contribution in [0.25, 0.3) is 0 Å². The van der Waals surface area contributed by atoms with Gasteiger partial charge in [0.2, 0.25) is 0 Å². The number of rotatable bonds is 4. The van der Waals surface area contributed by atoms with E-state index in [1.54, 1.807) is 0 Å². The highest BCUT2D eigenvalue weighted by molar-refractivity contribution is 5.36. The molecular weight excluding hydrogens is 250 g/mol. The molecule has 0 spiro atoms. The van der Waals surface area contributed by atoms with Gasteiger partial charge in [0.1, 0.15) is 12.4 Å². The van der Waals surface area contributed by atoms with Gasteiger partial charge in [0.25, 0.3) is 0 Å². The van der Waals surface area contributed by atoms with Crippen LogP contribution >= 0.6 is 0 Å². The SMILES string of the molecule is c1ccc(COc2ccccc2[C@H]2COCCN2)cc1. The molecule has 3 heteroatoms. The summed E-state index contributed by atoms with van der Waals surface area (Å²) in [6, 6.07) is 18.6. The van der Waals surface area contributed by atoms with Gasteiger partial charge in [-0.3, -0.25) is 0 Å². The number of ether oxygens (including phenoxy) is 2. The normalized spacial score (nSPS) is 18.7. The molecule has 1 saturated heterocycles. The molecule has 1 N–H and O–H groups in total. The van der Waals surface area contributed by atoms with Gasteiger partial charge >= 0.3 is 0 Å². The second kappa shape index (κ2) is 6.55. The van der Waals surface area contributed by atoms with Gasteiger partial charge in [-0.05, 0) is 11.6 Å². The fourth-order valence-corrected chi connectivity index (χ4v) is 2.40. The van der Waals surface area contributed by atoms with Crippen LogP contribution in [0.2, 0.25) is 0 Å². The molecule has 1 fully saturated rings. The quantitative estimate of drug-likeness (QED) is 0.925. The minimum atomic E-state index is 0.218. The number of nitrogens with one attached hydrogen (secondary N) is 1. The Hall–Kier alpha value is -1.84. The third kappa shape index (κ3) is 3.18. The lowest BCUT2D eigenvalue weighted by molar-refractivity contribution is 0.0757. The molecule has 2 aromatic carbocycles. The van der Waals surface area contributed by atoms with Crippen LogP contribution in [-0.2, 0) is 11.3 Å². The van der Waals surface area contributed by atoms with Gasteiger partial charge in [0.05, 0.1) is 19.3 Å². The molecule has 0 aliphatic carbocycles. The average molecular weight is 269 g/mol. The lowest BCUT2D eigenvalue weighted by Gasteiger charge is -2.25. The first kappa shape index (κ1) is 13.2. The van der Waals surface area contributed by atoms with E-state index in [9.17, 15) is 0 Å². The van der Waals surface area contributed by atoms with Crippen molar-refractivity contribution < 1.29 is 9.47 Å². The molecule has 0 aromatic heterocycles. The molecule has 1 atom stereocenters. The Morgan fingerprint density at radius 3 is 2.65 bits per heavy atom.